The first-order valence-corrected chi connectivity index (χ1v) is 5.93. The molecule has 0 radical (unpaired) electrons. The van der Waals surface area contributed by atoms with Gasteiger partial charge in [0.15, 0.2) is 5.58 Å². The number of halogens is 3. The van der Waals surface area contributed by atoms with E-state index in [0.717, 1.165) is 21.8 Å². The molecule has 0 saturated heterocycles. The molecule has 0 atom stereocenters. The van der Waals surface area contributed by atoms with Crippen molar-refractivity contribution in [2.75, 3.05) is 6.54 Å². The van der Waals surface area contributed by atoms with Crippen LogP contribution >= 0.6 is 39.1 Å². The molecule has 2 nitrogen and oxygen atoms in total. The molecule has 0 spiro atoms. The number of furan rings is 1. The fraction of sp³-hybridized carbons (Fsp3) is 0.200. The Hall–Kier alpha value is -0.220. The lowest BCUT2D eigenvalue weighted by molar-refractivity contribution is 0.610. The predicted molar refractivity (Wildman–Crippen MR) is 66.7 cm³/mol. The molecular weight excluding hydrogens is 301 g/mol. The highest BCUT2D eigenvalue weighted by Gasteiger charge is 2.15. The van der Waals surface area contributed by atoms with Crippen LogP contribution in [0.15, 0.2) is 21.2 Å². The third-order valence-corrected chi connectivity index (χ3v) is 3.71. The van der Waals surface area contributed by atoms with Crippen molar-refractivity contribution in [1.29, 1.82) is 0 Å². The van der Waals surface area contributed by atoms with Crippen molar-refractivity contribution in [3.05, 3.63) is 32.4 Å². The number of hydrogen-bond donors (Lipinski definition) is 1. The second-order valence-electron chi connectivity index (χ2n) is 3.16. The summed E-state index contributed by atoms with van der Waals surface area (Å²) in [4.78, 5) is 0. The Bertz CT molecular complexity index is 510. The summed E-state index contributed by atoms with van der Waals surface area (Å²) < 4.78 is 6.14. The largest absolute Gasteiger partial charge is 0.462 e. The standard InChI is InChI=1S/C10H8BrCl2NO/c11-6-3-7(12)10-8(9(6)13)5(1-2-14)4-15-10/h3-4H,1-2,14H2. The van der Waals surface area contributed by atoms with Gasteiger partial charge in [0.05, 0.1) is 16.3 Å². The van der Waals surface area contributed by atoms with E-state index in [1.54, 1.807) is 12.3 Å². The highest BCUT2D eigenvalue weighted by Crippen LogP contribution is 2.39. The van der Waals surface area contributed by atoms with Gasteiger partial charge in [0.2, 0.25) is 0 Å². The molecule has 15 heavy (non-hydrogen) atoms. The Kier molecular flexibility index (Phi) is 3.26. The monoisotopic (exact) mass is 307 g/mol. The molecule has 1 aromatic heterocycles. The molecule has 1 heterocycles. The van der Waals surface area contributed by atoms with Gasteiger partial charge >= 0.3 is 0 Å². The molecule has 2 rings (SSSR count). The van der Waals surface area contributed by atoms with E-state index < -0.39 is 0 Å². The number of fused-ring (bicyclic) bond motifs is 1. The molecule has 2 aromatic rings. The van der Waals surface area contributed by atoms with Crippen LogP contribution in [-0.2, 0) is 6.42 Å². The molecule has 1 aromatic carbocycles. The summed E-state index contributed by atoms with van der Waals surface area (Å²) in [6, 6.07) is 1.72. The van der Waals surface area contributed by atoms with Gasteiger partial charge in [-0.05, 0) is 35.0 Å². The zero-order chi connectivity index (χ0) is 11.0. The molecule has 5 heteroatoms. The first-order chi connectivity index (χ1) is 7.15. The second-order valence-corrected chi connectivity index (χ2v) is 4.80. The van der Waals surface area contributed by atoms with Crippen molar-refractivity contribution < 1.29 is 4.42 Å². The minimum Gasteiger partial charge on any atom is -0.462 e. The maximum absolute atomic E-state index is 6.17. The van der Waals surface area contributed by atoms with Crippen molar-refractivity contribution in [2.24, 2.45) is 5.73 Å². The highest BCUT2D eigenvalue weighted by atomic mass is 79.9. The van der Waals surface area contributed by atoms with E-state index in [2.05, 4.69) is 15.9 Å². The lowest BCUT2D eigenvalue weighted by Gasteiger charge is -2.01. The van der Waals surface area contributed by atoms with Gasteiger partial charge in [-0.3, -0.25) is 0 Å². The maximum Gasteiger partial charge on any atom is 0.154 e. The Balaban J connectivity index is 2.77. The van der Waals surface area contributed by atoms with Gasteiger partial charge in [0.1, 0.15) is 0 Å². The van der Waals surface area contributed by atoms with Crippen molar-refractivity contribution in [2.45, 2.75) is 6.42 Å². The second kappa shape index (κ2) is 4.34. The lowest BCUT2D eigenvalue weighted by atomic mass is 10.1. The first kappa shape index (κ1) is 11.3. The Morgan fingerprint density at radius 2 is 2.13 bits per heavy atom. The van der Waals surface area contributed by atoms with Crippen LogP contribution in [0.1, 0.15) is 5.56 Å². The summed E-state index contributed by atoms with van der Waals surface area (Å²) in [6.45, 7) is 0.551. The summed E-state index contributed by atoms with van der Waals surface area (Å²) in [7, 11) is 0. The van der Waals surface area contributed by atoms with Crippen molar-refractivity contribution in [3.63, 3.8) is 0 Å². The average Bonchev–Trinajstić information content (AvgIpc) is 2.60. The summed E-state index contributed by atoms with van der Waals surface area (Å²) in [5.74, 6) is 0. The zero-order valence-electron chi connectivity index (χ0n) is 7.69. The van der Waals surface area contributed by atoms with Gasteiger partial charge in [0.25, 0.3) is 0 Å². The molecule has 0 unspecified atom stereocenters. The molecular formula is C10H8BrCl2NO. The third kappa shape index (κ3) is 1.89. The molecule has 0 aliphatic rings. The molecule has 0 aliphatic carbocycles. The van der Waals surface area contributed by atoms with E-state index in [4.69, 9.17) is 33.4 Å². The van der Waals surface area contributed by atoms with Gasteiger partial charge in [-0.2, -0.15) is 0 Å². The predicted octanol–water partition coefficient (Wildman–Crippen LogP) is 4.00. The van der Waals surface area contributed by atoms with Gasteiger partial charge in [-0.1, -0.05) is 23.2 Å². The van der Waals surface area contributed by atoms with Crippen molar-refractivity contribution in [1.82, 2.24) is 0 Å². The summed E-state index contributed by atoms with van der Waals surface area (Å²) in [5, 5.41) is 2.01. The lowest BCUT2D eigenvalue weighted by Crippen LogP contribution is -2.01. The van der Waals surface area contributed by atoms with Crippen molar-refractivity contribution >= 4 is 50.1 Å². The average molecular weight is 309 g/mol. The van der Waals surface area contributed by atoms with E-state index in [1.165, 1.54) is 0 Å². The zero-order valence-corrected chi connectivity index (χ0v) is 10.8. The Morgan fingerprint density at radius 3 is 2.80 bits per heavy atom. The molecule has 0 saturated carbocycles. The van der Waals surface area contributed by atoms with Crippen LogP contribution in [0.25, 0.3) is 11.0 Å². The topological polar surface area (TPSA) is 39.2 Å². The number of nitrogens with two attached hydrogens (primary N) is 1. The smallest absolute Gasteiger partial charge is 0.154 e. The van der Waals surface area contributed by atoms with Crippen LogP contribution in [0.2, 0.25) is 10.0 Å². The van der Waals surface area contributed by atoms with Gasteiger partial charge in [-0.15, -0.1) is 0 Å². The minimum absolute atomic E-state index is 0.546. The van der Waals surface area contributed by atoms with Crippen LogP contribution in [0.4, 0.5) is 0 Å². The molecule has 0 aliphatic heterocycles. The van der Waals surface area contributed by atoms with Crippen LogP contribution in [-0.4, -0.2) is 6.54 Å². The van der Waals surface area contributed by atoms with Gasteiger partial charge in [-0.25, -0.2) is 0 Å². The fourth-order valence-corrected chi connectivity index (χ4v) is 2.58. The highest BCUT2D eigenvalue weighted by molar-refractivity contribution is 9.10. The van der Waals surface area contributed by atoms with E-state index >= 15 is 0 Å². The first-order valence-electron chi connectivity index (χ1n) is 4.38. The summed E-state index contributed by atoms with van der Waals surface area (Å²) >= 11 is 15.6. The Morgan fingerprint density at radius 1 is 1.40 bits per heavy atom. The van der Waals surface area contributed by atoms with Gasteiger partial charge in [0, 0.05) is 15.4 Å². The van der Waals surface area contributed by atoms with E-state index in [0.29, 0.717) is 22.2 Å². The van der Waals surface area contributed by atoms with E-state index in [9.17, 15) is 0 Å². The quantitative estimate of drug-likeness (QED) is 0.852. The number of rotatable bonds is 2. The van der Waals surface area contributed by atoms with Crippen LogP contribution in [0.3, 0.4) is 0 Å². The summed E-state index contributed by atoms with van der Waals surface area (Å²) in [5.41, 5.74) is 7.11. The maximum atomic E-state index is 6.17. The molecule has 0 bridgehead atoms. The van der Waals surface area contributed by atoms with Crippen LogP contribution < -0.4 is 5.73 Å². The SMILES string of the molecule is NCCc1coc2c(Cl)cc(Br)c(Cl)c12. The van der Waals surface area contributed by atoms with Crippen molar-refractivity contribution in [3.8, 4) is 0 Å². The number of hydrogen-bond acceptors (Lipinski definition) is 2. The Labute approximate surface area is 105 Å². The van der Waals surface area contributed by atoms with E-state index in [-0.39, 0.29) is 0 Å². The van der Waals surface area contributed by atoms with Gasteiger partial charge < -0.3 is 10.2 Å². The molecule has 2 N–H and O–H groups in total. The normalized spacial score (nSPS) is 11.2. The van der Waals surface area contributed by atoms with Crippen LogP contribution in [0, 0.1) is 0 Å². The van der Waals surface area contributed by atoms with Crippen LogP contribution in [0.5, 0.6) is 0 Å². The fourth-order valence-electron chi connectivity index (χ4n) is 1.51. The molecule has 0 amide bonds. The molecule has 0 fully saturated rings. The minimum atomic E-state index is 0.546. The van der Waals surface area contributed by atoms with E-state index in [1.807, 2.05) is 0 Å². The third-order valence-electron chi connectivity index (χ3n) is 2.18. The molecule has 80 valence electrons. The number of benzene rings is 1. The summed E-state index contributed by atoms with van der Waals surface area (Å²) in [6.07, 6.45) is 2.38.